The first-order valence-electron chi connectivity index (χ1n) is 8.63. The van der Waals surface area contributed by atoms with Crippen LogP contribution in [0.25, 0.3) is 0 Å². The SMILES string of the molecule is O=C(Nc1ccccc1Br)[C@@H]1CCCN(S(=O)(=O)Cc2ccc(F)cc2)C1. The van der Waals surface area contributed by atoms with E-state index in [1.807, 2.05) is 18.2 Å². The van der Waals surface area contributed by atoms with E-state index in [9.17, 15) is 17.6 Å². The summed E-state index contributed by atoms with van der Waals surface area (Å²) in [6, 6.07) is 12.7. The zero-order chi connectivity index (χ0) is 19.4. The van der Waals surface area contributed by atoms with Gasteiger partial charge in [-0.15, -0.1) is 0 Å². The first kappa shape index (κ1) is 20.0. The van der Waals surface area contributed by atoms with Gasteiger partial charge in [-0.05, 0) is 58.6 Å². The lowest BCUT2D eigenvalue weighted by Gasteiger charge is -2.31. The molecule has 2 aromatic carbocycles. The molecular formula is C19H20BrFN2O3S. The molecule has 27 heavy (non-hydrogen) atoms. The molecular weight excluding hydrogens is 435 g/mol. The quantitative estimate of drug-likeness (QED) is 0.747. The van der Waals surface area contributed by atoms with E-state index in [1.165, 1.54) is 28.6 Å². The summed E-state index contributed by atoms with van der Waals surface area (Å²) in [6.07, 6.45) is 1.26. The van der Waals surface area contributed by atoms with Crippen molar-refractivity contribution in [3.05, 3.63) is 64.4 Å². The van der Waals surface area contributed by atoms with Gasteiger partial charge >= 0.3 is 0 Å². The Kier molecular flexibility index (Phi) is 6.29. The number of anilines is 1. The maximum absolute atomic E-state index is 13.0. The molecule has 1 atom stereocenters. The molecule has 0 spiro atoms. The highest BCUT2D eigenvalue weighted by molar-refractivity contribution is 9.10. The molecule has 5 nitrogen and oxygen atoms in total. The van der Waals surface area contributed by atoms with E-state index in [4.69, 9.17) is 0 Å². The van der Waals surface area contributed by atoms with Gasteiger partial charge in [0, 0.05) is 17.6 Å². The number of halogens is 2. The number of sulfonamides is 1. The molecule has 2 aromatic rings. The number of piperidine rings is 1. The number of nitrogens with zero attached hydrogens (tertiary/aromatic N) is 1. The van der Waals surface area contributed by atoms with Gasteiger partial charge in [-0.3, -0.25) is 4.79 Å². The fraction of sp³-hybridized carbons (Fsp3) is 0.316. The average Bonchev–Trinajstić information content (AvgIpc) is 2.65. The van der Waals surface area contributed by atoms with Crippen molar-refractivity contribution in [3.63, 3.8) is 0 Å². The van der Waals surface area contributed by atoms with E-state index in [-0.39, 0.29) is 18.2 Å². The maximum Gasteiger partial charge on any atom is 0.228 e. The van der Waals surface area contributed by atoms with Crippen LogP contribution in [0, 0.1) is 11.7 Å². The predicted octanol–water partition coefficient (Wildman–Crippen LogP) is 3.77. The van der Waals surface area contributed by atoms with E-state index < -0.39 is 21.8 Å². The number of carbonyl (C=O) groups excluding carboxylic acids is 1. The Labute approximate surface area is 166 Å². The third kappa shape index (κ3) is 5.15. The number of hydrogen-bond acceptors (Lipinski definition) is 3. The molecule has 0 aromatic heterocycles. The zero-order valence-corrected chi connectivity index (χ0v) is 17.0. The molecule has 0 radical (unpaired) electrons. The van der Waals surface area contributed by atoms with Crippen LogP contribution >= 0.6 is 15.9 Å². The highest BCUT2D eigenvalue weighted by Crippen LogP contribution is 2.25. The number of amides is 1. The Hall–Kier alpha value is -1.77. The molecule has 0 bridgehead atoms. The molecule has 0 saturated carbocycles. The Bertz CT molecular complexity index is 919. The number of hydrogen-bond donors (Lipinski definition) is 1. The molecule has 144 valence electrons. The first-order valence-corrected chi connectivity index (χ1v) is 11.0. The van der Waals surface area contributed by atoms with E-state index in [0.29, 0.717) is 30.6 Å². The lowest BCUT2D eigenvalue weighted by atomic mass is 9.99. The third-order valence-corrected chi connectivity index (χ3v) is 7.05. The summed E-state index contributed by atoms with van der Waals surface area (Å²) in [7, 11) is -3.58. The van der Waals surface area contributed by atoms with Crippen LogP contribution in [-0.2, 0) is 20.6 Å². The first-order chi connectivity index (χ1) is 12.8. The average molecular weight is 455 g/mol. The third-order valence-electron chi connectivity index (χ3n) is 4.54. The summed E-state index contributed by atoms with van der Waals surface area (Å²) in [5, 5.41) is 2.86. The fourth-order valence-electron chi connectivity index (χ4n) is 3.09. The lowest BCUT2D eigenvalue weighted by molar-refractivity contribution is -0.120. The summed E-state index contributed by atoms with van der Waals surface area (Å²) in [5.41, 5.74) is 1.19. The van der Waals surface area contributed by atoms with Crippen molar-refractivity contribution < 1.29 is 17.6 Å². The molecule has 1 fully saturated rings. The Balaban J connectivity index is 1.66. The second-order valence-electron chi connectivity index (χ2n) is 6.55. The lowest BCUT2D eigenvalue weighted by Crippen LogP contribution is -2.44. The standard InChI is InChI=1S/C19H20BrFN2O3S/c20-17-5-1-2-6-18(17)22-19(24)15-4-3-11-23(12-15)27(25,26)13-14-7-9-16(21)10-8-14/h1-2,5-10,15H,3-4,11-13H2,(H,22,24)/t15-/m1/s1. The minimum atomic E-state index is -3.58. The second-order valence-corrected chi connectivity index (χ2v) is 9.37. The normalized spacial score (nSPS) is 18.2. The highest BCUT2D eigenvalue weighted by atomic mass is 79.9. The van der Waals surface area contributed by atoms with Crippen molar-refractivity contribution in [1.29, 1.82) is 0 Å². The monoisotopic (exact) mass is 454 g/mol. The van der Waals surface area contributed by atoms with Gasteiger partial charge in [-0.2, -0.15) is 0 Å². The number of benzene rings is 2. The molecule has 3 rings (SSSR count). The van der Waals surface area contributed by atoms with E-state index in [0.717, 1.165) is 4.47 Å². The molecule has 1 amide bonds. The summed E-state index contributed by atoms with van der Waals surface area (Å²) in [4.78, 5) is 12.6. The molecule has 1 heterocycles. The summed E-state index contributed by atoms with van der Waals surface area (Å²) in [6.45, 7) is 0.544. The number of para-hydroxylation sites is 1. The van der Waals surface area contributed by atoms with E-state index in [1.54, 1.807) is 6.07 Å². The van der Waals surface area contributed by atoms with Gasteiger partial charge in [-0.25, -0.2) is 17.1 Å². The van der Waals surface area contributed by atoms with Crippen LogP contribution in [0.5, 0.6) is 0 Å². The van der Waals surface area contributed by atoms with Gasteiger partial charge in [0.25, 0.3) is 0 Å². The number of carbonyl (C=O) groups is 1. The topological polar surface area (TPSA) is 66.5 Å². The molecule has 8 heteroatoms. The summed E-state index contributed by atoms with van der Waals surface area (Å²) >= 11 is 3.39. The van der Waals surface area contributed by atoms with Gasteiger partial charge in [0.15, 0.2) is 0 Å². The van der Waals surface area contributed by atoms with Crippen LogP contribution in [-0.4, -0.2) is 31.7 Å². The summed E-state index contributed by atoms with van der Waals surface area (Å²) in [5.74, 6) is -1.21. The minimum Gasteiger partial charge on any atom is -0.325 e. The molecule has 1 N–H and O–H groups in total. The predicted molar refractivity (Wildman–Crippen MR) is 106 cm³/mol. The van der Waals surface area contributed by atoms with Crippen LogP contribution in [0.3, 0.4) is 0 Å². The van der Waals surface area contributed by atoms with Crippen molar-refractivity contribution >= 4 is 37.5 Å². The molecule has 0 aliphatic carbocycles. The van der Waals surface area contributed by atoms with Crippen LogP contribution in [0.2, 0.25) is 0 Å². The smallest absolute Gasteiger partial charge is 0.228 e. The van der Waals surface area contributed by atoms with E-state index in [2.05, 4.69) is 21.2 Å². The van der Waals surface area contributed by atoms with Gasteiger partial charge in [0.1, 0.15) is 5.82 Å². The molecule has 1 aliphatic rings. The molecule has 1 saturated heterocycles. The van der Waals surface area contributed by atoms with Crippen molar-refractivity contribution in [2.75, 3.05) is 18.4 Å². The largest absolute Gasteiger partial charge is 0.325 e. The highest BCUT2D eigenvalue weighted by Gasteiger charge is 2.32. The van der Waals surface area contributed by atoms with Gasteiger partial charge in [0.05, 0.1) is 17.4 Å². The minimum absolute atomic E-state index is 0.153. The second kappa shape index (κ2) is 8.50. The number of nitrogens with one attached hydrogen (secondary N) is 1. The van der Waals surface area contributed by atoms with Crippen molar-refractivity contribution in [2.45, 2.75) is 18.6 Å². The van der Waals surface area contributed by atoms with Gasteiger partial charge < -0.3 is 5.32 Å². The van der Waals surface area contributed by atoms with Crippen LogP contribution < -0.4 is 5.32 Å². The van der Waals surface area contributed by atoms with E-state index >= 15 is 0 Å². The van der Waals surface area contributed by atoms with Crippen molar-refractivity contribution in [1.82, 2.24) is 4.31 Å². The molecule has 1 aliphatic heterocycles. The molecule has 0 unspecified atom stereocenters. The fourth-order valence-corrected chi connectivity index (χ4v) is 5.08. The van der Waals surface area contributed by atoms with Gasteiger partial charge in [0.2, 0.25) is 15.9 Å². The Morgan fingerprint density at radius 1 is 1.19 bits per heavy atom. The van der Waals surface area contributed by atoms with Crippen LogP contribution in [0.15, 0.2) is 53.0 Å². The zero-order valence-electron chi connectivity index (χ0n) is 14.6. The van der Waals surface area contributed by atoms with Gasteiger partial charge in [-0.1, -0.05) is 24.3 Å². The summed E-state index contributed by atoms with van der Waals surface area (Å²) < 4.78 is 40.6. The van der Waals surface area contributed by atoms with Crippen molar-refractivity contribution in [2.24, 2.45) is 5.92 Å². The Morgan fingerprint density at radius 2 is 1.89 bits per heavy atom. The van der Waals surface area contributed by atoms with Crippen LogP contribution in [0.4, 0.5) is 10.1 Å². The van der Waals surface area contributed by atoms with Crippen LogP contribution in [0.1, 0.15) is 18.4 Å². The van der Waals surface area contributed by atoms with Crippen molar-refractivity contribution in [3.8, 4) is 0 Å². The maximum atomic E-state index is 13.0. The Morgan fingerprint density at radius 3 is 2.59 bits per heavy atom. The number of rotatable bonds is 5.